The van der Waals surface area contributed by atoms with E-state index in [0.29, 0.717) is 26.9 Å². The standard InChI is InChI=1S/C15H11Cl2NO3/c1-21-18-13-8-11(17)6-7-12(13)15(20,14(18)19)9-2-4-10(16)5-3-9/h2-8,20H,1H3. The summed E-state index contributed by atoms with van der Waals surface area (Å²) in [5, 5.41) is 13.0. The predicted octanol–water partition coefficient (Wildman–Crippen LogP) is 3.14. The highest BCUT2D eigenvalue weighted by Crippen LogP contribution is 2.45. The van der Waals surface area contributed by atoms with Gasteiger partial charge in [-0.3, -0.25) is 9.63 Å². The molecule has 0 fully saturated rings. The van der Waals surface area contributed by atoms with E-state index in [1.807, 2.05) is 0 Å². The number of hydrogen-bond donors (Lipinski definition) is 1. The van der Waals surface area contributed by atoms with Crippen LogP contribution >= 0.6 is 23.2 Å². The molecule has 2 aromatic rings. The van der Waals surface area contributed by atoms with Gasteiger partial charge in [0, 0.05) is 15.6 Å². The fourth-order valence-electron chi connectivity index (χ4n) is 2.50. The van der Waals surface area contributed by atoms with E-state index in [2.05, 4.69) is 0 Å². The Labute approximate surface area is 131 Å². The summed E-state index contributed by atoms with van der Waals surface area (Å²) in [5.41, 5.74) is -0.561. The highest BCUT2D eigenvalue weighted by atomic mass is 35.5. The molecule has 1 aliphatic heterocycles. The molecule has 1 unspecified atom stereocenters. The average molecular weight is 324 g/mol. The second kappa shape index (κ2) is 5.00. The van der Waals surface area contributed by atoms with Gasteiger partial charge < -0.3 is 5.11 Å². The summed E-state index contributed by atoms with van der Waals surface area (Å²) in [7, 11) is 1.36. The molecule has 21 heavy (non-hydrogen) atoms. The molecule has 0 spiro atoms. The number of rotatable bonds is 2. The third-order valence-electron chi connectivity index (χ3n) is 3.51. The number of fused-ring (bicyclic) bond motifs is 1. The largest absolute Gasteiger partial charge is 0.372 e. The third-order valence-corrected chi connectivity index (χ3v) is 3.99. The molecule has 108 valence electrons. The molecule has 1 amide bonds. The van der Waals surface area contributed by atoms with Crippen LogP contribution in [0.2, 0.25) is 10.0 Å². The van der Waals surface area contributed by atoms with Crippen LogP contribution in [0.15, 0.2) is 42.5 Å². The van der Waals surface area contributed by atoms with Crippen molar-refractivity contribution >= 4 is 34.8 Å². The van der Waals surface area contributed by atoms with Crippen molar-refractivity contribution in [2.75, 3.05) is 12.2 Å². The summed E-state index contributed by atoms with van der Waals surface area (Å²) < 4.78 is 0. The van der Waals surface area contributed by atoms with Crippen LogP contribution < -0.4 is 5.06 Å². The molecule has 1 atom stereocenters. The van der Waals surface area contributed by atoms with E-state index in [1.54, 1.807) is 42.5 Å². The van der Waals surface area contributed by atoms with Gasteiger partial charge in [-0.25, -0.2) is 0 Å². The maximum Gasteiger partial charge on any atom is 0.292 e. The first-order valence-corrected chi connectivity index (χ1v) is 6.91. The van der Waals surface area contributed by atoms with Crippen LogP contribution in [-0.2, 0) is 15.2 Å². The Hall–Kier alpha value is -1.59. The SMILES string of the molecule is CON1C(=O)C(O)(c2ccc(Cl)cc2)c2ccc(Cl)cc21. The van der Waals surface area contributed by atoms with Crippen LogP contribution in [0.5, 0.6) is 0 Å². The van der Waals surface area contributed by atoms with E-state index in [9.17, 15) is 9.90 Å². The number of hydrogen-bond acceptors (Lipinski definition) is 3. The first-order valence-electron chi connectivity index (χ1n) is 6.15. The number of carbonyl (C=O) groups excluding carboxylic acids is 1. The molecule has 1 heterocycles. The Morgan fingerprint density at radius 1 is 1.10 bits per heavy atom. The lowest BCUT2D eigenvalue weighted by molar-refractivity contribution is -0.138. The zero-order valence-electron chi connectivity index (χ0n) is 11.0. The number of hydroxylamine groups is 1. The van der Waals surface area contributed by atoms with Crippen LogP contribution in [0.1, 0.15) is 11.1 Å². The van der Waals surface area contributed by atoms with Gasteiger partial charge in [-0.15, -0.1) is 0 Å². The van der Waals surface area contributed by atoms with E-state index in [0.717, 1.165) is 5.06 Å². The lowest BCUT2D eigenvalue weighted by atomic mass is 9.88. The van der Waals surface area contributed by atoms with E-state index in [1.165, 1.54) is 7.11 Å². The molecule has 0 radical (unpaired) electrons. The van der Waals surface area contributed by atoms with E-state index < -0.39 is 11.5 Å². The number of carbonyl (C=O) groups is 1. The van der Waals surface area contributed by atoms with Gasteiger partial charge in [0.2, 0.25) is 0 Å². The van der Waals surface area contributed by atoms with E-state index >= 15 is 0 Å². The molecule has 0 saturated carbocycles. The summed E-state index contributed by atoms with van der Waals surface area (Å²) in [4.78, 5) is 17.7. The Balaban J connectivity index is 2.24. The zero-order chi connectivity index (χ0) is 15.2. The Morgan fingerprint density at radius 3 is 2.33 bits per heavy atom. The number of aliphatic hydroxyl groups is 1. The van der Waals surface area contributed by atoms with Gasteiger partial charge in [0.05, 0.1) is 12.8 Å². The van der Waals surface area contributed by atoms with Gasteiger partial charge in [0.1, 0.15) is 0 Å². The fourth-order valence-corrected chi connectivity index (χ4v) is 2.79. The Kier molecular flexibility index (Phi) is 3.42. The quantitative estimate of drug-likeness (QED) is 0.923. The van der Waals surface area contributed by atoms with Gasteiger partial charge >= 0.3 is 0 Å². The number of halogens is 2. The molecule has 0 saturated heterocycles. The van der Waals surface area contributed by atoms with Gasteiger partial charge in [0.25, 0.3) is 5.91 Å². The smallest absolute Gasteiger partial charge is 0.292 e. The topological polar surface area (TPSA) is 49.8 Å². The molecular weight excluding hydrogens is 313 g/mol. The lowest BCUT2D eigenvalue weighted by Crippen LogP contribution is -2.40. The van der Waals surface area contributed by atoms with Crippen molar-refractivity contribution in [3.63, 3.8) is 0 Å². The van der Waals surface area contributed by atoms with E-state index in [4.69, 9.17) is 28.0 Å². The van der Waals surface area contributed by atoms with Crippen molar-refractivity contribution in [2.45, 2.75) is 5.60 Å². The van der Waals surface area contributed by atoms with Gasteiger partial charge in [-0.05, 0) is 29.8 Å². The van der Waals surface area contributed by atoms with Crippen molar-refractivity contribution in [1.82, 2.24) is 0 Å². The molecule has 0 bridgehead atoms. The van der Waals surface area contributed by atoms with Crippen LogP contribution in [0.25, 0.3) is 0 Å². The number of anilines is 1. The maximum atomic E-state index is 12.6. The first-order chi connectivity index (χ1) is 9.98. The van der Waals surface area contributed by atoms with Crippen LogP contribution in [0, 0.1) is 0 Å². The highest BCUT2D eigenvalue weighted by molar-refractivity contribution is 6.31. The second-order valence-electron chi connectivity index (χ2n) is 4.66. The molecule has 0 aliphatic carbocycles. The lowest BCUT2D eigenvalue weighted by Gasteiger charge is -2.22. The number of nitrogens with zero attached hydrogens (tertiary/aromatic N) is 1. The van der Waals surface area contributed by atoms with Crippen molar-refractivity contribution in [3.8, 4) is 0 Å². The summed E-state index contributed by atoms with van der Waals surface area (Å²) >= 11 is 11.8. The summed E-state index contributed by atoms with van der Waals surface area (Å²) in [6, 6.07) is 11.3. The second-order valence-corrected chi connectivity index (χ2v) is 5.53. The minimum absolute atomic E-state index is 0.417. The molecule has 1 N–H and O–H groups in total. The number of benzene rings is 2. The Bertz CT molecular complexity index is 717. The first kappa shape index (κ1) is 14.4. The van der Waals surface area contributed by atoms with Crippen molar-refractivity contribution in [1.29, 1.82) is 0 Å². The van der Waals surface area contributed by atoms with Gasteiger partial charge in [-0.2, -0.15) is 5.06 Å². The van der Waals surface area contributed by atoms with Crippen molar-refractivity contribution < 1.29 is 14.7 Å². The molecule has 6 heteroatoms. The normalized spacial score (nSPS) is 20.8. The summed E-state index contributed by atoms with van der Waals surface area (Å²) in [6.45, 7) is 0. The maximum absolute atomic E-state index is 12.6. The van der Waals surface area contributed by atoms with Gasteiger partial charge in [0.15, 0.2) is 5.60 Å². The minimum Gasteiger partial charge on any atom is -0.372 e. The summed E-state index contributed by atoms with van der Waals surface area (Å²) in [6.07, 6.45) is 0. The fraction of sp³-hybridized carbons (Fsp3) is 0.133. The molecule has 2 aromatic carbocycles. The monoisotopic (exact) mass is 323 g/mol. The molecular formula is C15H11Cl2NO3. The molecule has 3 rings (SSSR count). The average Bonchev–Trinajstić information content (AvgIpc) is 2.68. The predicted molar refractivity (Wildman–Crippen MR) is 80.4 cm³/mol. The summed E-state index contributed by atoms with van der Waals surface area (Å²) in [5.74, 6) is -0.593. The van der Waals surface area contributed by atoms with Crippen LogP contribution in [0.3, 0.4) is 0 Å². The van der Waals surface area contributed by atoms with Crippen molar-refractivity contribution in [3.05, 3.63) is 63.6 Å². The molecule has 4 nitrogen and oxygen atoms in total. The minimum atomic E-state index is -1.82. The molecule has 0 aromatic heterocycles. The number of amides is 1. The van der Waals surface area contributed by atoms with Gasteiger partial charge in [-0.1, -0.05) is 41.4 Å². The van der Waals surface area contributed by atoms with Crippen LogP contribution in [0.4, 0.5) is 5.69 Å². The highest BCUT2D eigenvalue weighted by Gasteiger charge is 2.51. The van der Waals surface area contributed by atoms with E-state index in [-0.39, 0.29) is 0 Å². The third kappa shape index (κ3) is 2.03. The Morgan fingerprint density at radius 2 is 1.71 bits per heavy atom. The zero-order valence-corrected chi connectivity index (χ0v) is 12.5. The van der Waals surface area contributed by atoms with Crippen LogP contribution in [-0.4, -0.2) is 18.1 Å². The molecule has 1 aliphatic rings. The van der Waals surface area contributed by atoms with Crippen molar-refractivity contribution in [2.24, 2.45) is 0 Å².